The Kier molecular flexibility index (Phi) is 9.48. The van der Waals surface area contributed by atoms with Gasteiger partial charge in [-0.05, 0) is 65.3 Å². The molecule has 0 bridgehead atoms. The van der Waals surface area contributed by atoms with Crippen molar-refractivity contribution in [2.24, 2.45) is 0 Å². The van der Waals surface area contributed by atoms with Gasteiger partial charge in [-0.2, -0.15) is 4.58 Å². The van der Waals surface area contributed by atoms with Gasteiger partial charge in [0.2, 0.25) is 5.69 Å². The van der Waals surface area contributed by atoms with E-state index in [1.807, 2.05) is 6.07 Å². The summed E-state index contributed by atoms with van der Waals surface area (Å²) in [6, 6.07) is 48.8. The van der Waals surface area contributed by atoms with Crippen LogP contribution in [-0.4, -0.2) is 35.6 Å². The molecule has 0 unspecified atom stereocenters. The second kappa shape index (κ2) is 13.9. The normalized spacial score (nSPS) is 13.9. The van der Waals surface area contributed by atoms with Crippen molar-refractivity contribution in [1.82, 2.24) is 0 Å². The van der Waals surface area contributed by atoms with E-state index in [9.17, 15) is 13.0 Å². The number of hydrogen-bond acceptors (Lipinski definition) is 3. The molecule has 0 N–H and O–H groups in total. The average molecular weight is 638 g/mol. The second-order valence-corrected chi connectivity index (χ2v) is 14.0. The van der Waals surface area contributed by atoms with Gasteiger partial charge in [-0.1, -0.05) is 133 Å². The molecule has 6 rings (SSSR count). The Hall–Kier alpha value is -4.84. The van der Waals surface area contributed by atoms with Gasteiger partial charge in [0.25, 0.3) is 0 Å². The van der Waals surface area contributed by atoms with Crippen LogP contribution in [-0.2, 0) is 15.5 Å². The largest absolute Gasteiger partial charge is 0.748 e. The SMILES string of the molecule is CC1(C)C(/C=C/c2ccc(C(=C(c3ccccc3)c3ccccc3)c3ccccc3)cc2)=[N+](CCCCS(=O)(=O)[O-])c2ccccc21. The van der Waals surface area contributed by atoms with Crippen LogP contribution >= 0.6 is 0 Å². The maximum absolute atomic E-state index is 11.2. The topological polar surface area (TPSA) is 60.2 Å². The number of nitrogens with zero attached hydrogens (tertiary/aromatic N) is 1. The minimum atomic E-state index is -4.22. The van der Waals surface area contributed by atoms with Gasteiger partial charge < -0.3 is 4.55 Å². The summed E-state index contributed by atoms with van der Waals surface area (Å²) in [5.74, 6) is -0.334. The zero-order valence-corrected chi connectivity index (χ0v) is 27.7. The number of benzene rings is 5. The molecular weight excluding hydrogens is 599 g/mol. The Morgan fingerprint density at radius 3 is 1.60 bits per heavy atom. The molecule has 0 amide bonds. The highest BCUT2D eigenvalue weighted by molar-refractivity contribution is 7.85. The first-order valence-corrected chi connectivity index (χ1v) is 17.7. The molecule has 0 atom stereocenters. The molecule has 5 aromatic carbocycles. The molecule has 0 fully saturated rings. The molecule has 4 nitrogen and oxygen atoms in total. The fourth-order valence-corrected chi connectivity index (χ4v) is 7.15. The molecule has 1 heterocycles. The van der Waals surface area contributed by atoms with Crippen LogP contribution in [0.15, 0.2) is 146 Å². The molecule has 0 aromatic heterocycles. The average Bonchev–Trinajstić information content (AvgIpc) is 3.30. The van der Waals surface area contributed by atoms with Crippen LogP contribution in [0.1, 0.15) is 60.1 Å². The van der Waals surface area contributed by atoms with Crippen molar-refractivity contribution in [1.29, 1.82) is 0 Å². The van der Waals surface area contributed by atoms with Crippen LogP contribution in [0.2, 0.25) is 0 Å². The fraction of sp³-hybridized carbons (Fsp3) is 0.167. The fourth-order valence-electron chi connectivity index (χ4n) is 6.59. The van der Waals surface area contributed by atoms with Gasteiger partial charge in [0.15, 0.2) is 5.71 Å². The lowest BCUT2D eigenvalue weighted by molar-refractivity contribution is -0.438. The Labute approximate surface area is 278 Å². The number of allylic oxidation sites excluding steroid dienone is 1. The lowest BCUT2D eigenvalue weighted by Crippen LogP contribution is -2.28. The van der Waals surface area contributed by atoms with E-state index in [1.54, 1.807) is 0 Å². The summed E-state index contributed by atoms with van der Waals surface area (Å²) in [5.41, 5.74) is 11.3. The maximum atomic E-state index is 11.2. The van der Waals surface area contributed by atoms with E-state index < -0.39 is 10.1 Å². The van der Waals surface area contributed by atoms with E-state index in [0.717, 1.165) is 39.2 Å². The van der Waals surface area contributed by atoms with Crippen molar-refractivity contribution in [2.75, 3.05) is 12.3 Å². The molecule has 47 heavy (non-hydrogen) atoms. The van der Waals surface area contributed by atoms with Gasteiger partial charge in [0.1, 0.15) is 6.54 Å². The molecule has 1 aliphatic rings. The van der Waals surface area contributed by atoms with Gasteiger partial charge >= 0.3 is 0 Å². The Morgan fingerprint density at radius 1 is 0.617 bits per heavy atom. The summed E-state index contributed by atoms with van der Waals surface area (Å²) in [4.78, 5) is 0. The number of hydrogen-bond donors (Lipinski definition) is 0. The third-order valence-electron chi connectivity index (χ3n) is 8.90. The second-order valence-electron chi connectivity index (χ2n) is 12.5. The lowest BCUT2D eigenvalue weighted by Gasteiger charge is -2.18. The van der Waals surface area contributed by atoms with Gasteiger partial charge in [-0.3, -0.25) is 0 Å². The van der Waals surface area contributed by atoms with Crippen LogP contribution in [0.3, 0.4) is 0 Å². The van der Waals surface area contributed by atoms with Crippen molar-refractivity contribution in [2.45, 2.75) is 32.1 Å². The summed E-state index contributed by atoms with van der Waals surface area (Å²) in [7, 11) is -4.22. The molecule has 0 aliphatic carbocycles. The van der Waals surface area contributed by atoms with E-state index in [0.29, 0.717) is 19.4 Å². The first-order chi connectivity index (χ1) is 22.7. The predicted molar refractivity (Wildman–Crippen MR) is 193 cm³/mol. The van der Waals surface area contributed by atoms with Crippen LogP contribution in [0.25, 0.3) is 17.2 Å². The summed E-state index contributed by atoms with van der Waals surface area (Å²) in [6.45, 7) is 5.09. The number of para-hydroxylation sites is 1. The first-order valence-electron chi connectivity index (χ1n) is 16.1. The first kappa shape index (κ1) is 32.1. The molecule has 0 spiro atoms. The Morgan fingerprint density at radius 2 is 1.09 bits per heavy atom. The minimum absolute atomic E-state index is 0.235. The highest BCUT2D eigenvalue weighted by Gasteiger charge is 2.43. The number of rotatable bonds is 11. The molecule has 5 aromatic rings. The highest BCUT2D eigenvalue weighted by atomic mass is 32.2. The minimum Gasteiger partial charge on any atom is -0.748 e. The van der Waals surface area contributed by atoms with Crippen molar-refractivity contribution in [3.05, 3.63) is 179 Å². The standard InChI is InChI=1S/C42H39NO3S/c1-42(2)37-22-12-13-23-38(37)43(30-14-15-31-47(44,45)46)39(42)29-26-32-24-27-36(28-25-32)41(35-20-10-5-11-21-35)40(33-16-6-3-7-17-33)34-18-8-4-9-19-34/h3-13,16-29H,14-15,30-31H2,1-2H3/b29-26+. The summed E-state index contributed by atoms with van der Waals surface area (Å²) in [5, 5.41) is 0. The quantitative estimate of drug-likeness (QED) is 0.0628. The molecule has 0 saturated heterocycles. The van der Waals surface area contributed by atoms with E-state index in [4.69, 9.17) is 0 Å². The van der Waals surface area contributed by atoms with Gasteiger partial charge in [-0.25, -0.2) is 8.42 Å². The third-order valence-corrected chi connectivity index (χ3v) is 9.68. The van der Waals surface area contributed by atoms with Gasteiger partial charge in [-0.15, -0.1) is 0 Å². The number of unbranched alkanes of at least 4 members (excludes halogenated alkanes) is 1. The third kappa shape index (κ3) is 7.27. The zero-order chi connectivity index (χ0) is 32.9. The van der Waals surface area contributed by atoms with E-state index in [1.165, 1.54) is 16.7 Å². The van der Waals surface area contributed by atoms with E-state index in [-0.39, 0.29) is 11.2 Å². The number of fused-ring (bicyclic) bond motifs is 1. The van der Waals surface area contributed by atoms with Crippen molar-refractivity contribution >= 4 is 38.7 Å². The summed E-state index contributed by atoms with van der Waals surface area (Å²) < 4.78 is 35.9. The lowest BCUT2D eigenvalue weighted by atomic mass is 9.81. The van der Waals surface area contributed by atoms with Gasteiger partial charge in [0, 0.05) is 29.9 Å². The highest BCUT2D eigenvalue weighted by Crippen LogP contribution is 2.40. The summed E-state index contributed by atoms with van der Waals surface area (Å²) >= 11 is 0. The smallest absolute Gasteiger partial charge is 0.209 e. The molecular formula is C42H39NO3S. The van der Waals surface area contributed by atoms with Crippen LogP contribution < -0.4 is 0 Å². The molecule has 5 heteroatoms. The van der Waals surface area contributed by atoms with Crippen LogP contribution in [0.4, 0.5) is 5.69 Å². The van der Waals surface area contributed by atoms with Gasteiger partial charge in [0.05, 0.1) is 15.5 Å². The van der Waals surface area contributed by atoms with Crippen LogP contribution in [0.5, 0.6) is 0 Å². The molecule has 0 saturated carbocycles. The van der Waals surface area contributed by atoms with E-state index in [2.05, 4.69) is 164 Å². The molecule has 236 valence electrons. The predicted octanol–water partition coefficient (Wildman–Crippen LogP) is 9.11. The Balaban J connectivity index is 1.39. The van der Waals surface area contributed by atoms with Crippen molar-refractivity contribution < 1.29 is 17.5 Å². The molecule has 0 radical (unpaired) electrons. The van der Waals surface area contributed by atoms with E-state index >= 15 is 0 Å². The van der Waals surface area contributed by atoms with Crippen molar-refractivity contribution in [3.8, 4) is 0 Å². The monoisotopic (exact) mass is 637 g/mol. The zero-order valence-electron chi connectivity index (χ0n) is 26.8. The Bertz CT molecular complexity index is 2000. The van der Waals surface area contributed by atoms with Crippen LogP contribution in [0, 0.1) is 0 Å². The molecule has 1 aliphatic heterocycles. The maximum Gasteiger partial charge on any atom is 0.209 e. The van der Waals surface area contributed by atoms with Crippen molar-refractivity contribution in [3.63, 3.8) is 0 Å². The summed E-state index contributed by atoms with van der Waals surface area (Å²) in [6.07, 6.45) is 5.29.